The summed E-state index contributed by atoms with van der Waals surface area (Å²) in [5.74, 6) is 0.162. The first-order valence-electron chi connectivity index (χ1n) is 6.56. The van der Waals surface area contributed by atoms with E-state index in [1.165, 1.54) is 6.42 Å². The molecule has 0 bridgehead atoms. The van der Waals surface area contributed by atoms with Crippen LogP contribution in [0.25, 0.3) is 0 Å². The highest BCUT2D eigenvalue weighted by Gasteiger charge is 2.15. The first kappa shape index (κ1) is 14.2. The van der Waals surface area contributed by atoms with E-state index in [1.807, 2.05) is 0 Å². The maximum atomic E-state index is 11.8. The largest absolute Gasteiger partial charge is 0.378 e. The lowest BCUT2D eigenvalue weighted by Crippen LogP contribution is -2.22. The van der Waals surface area contributed by atoms with Crippen LogP contribution >= 0.6 is 11.6 Å². The third-order valence-electron chi connectivity index (χ3n) is 3.04. The molecule has 6 heteroatoms. The molecule has 2 rings (SSSR count). The van der Waals surface area contributed by atoms with Crippen molar-refractivity contribution in [3.8, 4) is 0 Å². The van der Waals surface area contributed by atoms with Crippen LogP contribution in [-0.4, -0.2) is 28.6 Å². The molecule has 104 valence electrons. The molecule has 1 N–H and O–H groups in total. The highest BCUT2D eigenvalue weighted by molar-refractivity contribution is 6.29. The summed E-state index contributed by atoms with van der Waals surface area (Å²) < 4.78 is 5.58. The number of hydrogen-bond acceptors (Lipinski definition) is 4. The van der Waals surface area contributed by atoms with Gasteiger partial charge in [-0.25, -0.2) is 9.97 Å². The van der Waals surface area contributed by atoms with Gasteiger partial charge in [-0.05, 0) is 38.7 Å². The molecule has 1 aromatic heterocycles. The van der Waals surface area contributed by atoms with Crippen molar-refractivity contribution in [1.29, 1.82) is 0 Å². The molecule has 0 aliphatic carbocycles. The van der Waals surface area contributed by atoms with E-state index in [4.69, 9.17) is 16.3 Å². The Labute approximate surface area is 117 Å². The number of amides is 1. The van der Waals surface area contributed by atoms with Crippen molar-refractivity contribution >= 4 is 23.5 Å². The number of anilines is 1. The predicted molar refractivity (Wildman–Crippen MR) is 73.2 cm³/mol. The van der Waals surface area contributed by atoms with E-state index in [0.717, 1.165) is 31.6 Å². The van der Waals surface area contributed by atoms with Crippen LogP contribution in [0.15, 0.2) is 6.07 Å². The molecular formula is C13H18ClN3O2. The number of ether oxygens (including phenoxy) is 1. The second kappa shape index (κ2) is 6.82. The molecule has 1 saturated heterocycles. The topological polar surface area (TPSA) is 64.1 Å². The number of rotatable bonds is 4. The monoisotopic (exact) mass is 283 g/mol. The second-order valence-electron chi connectivity index (χ2n) is 4.73. The molecule has 19 heavy (non-hydrogen) atoms. The highest BCUT2D eigenvalue weighted by Crippen LogP contribution is 2.17. The normalized spacial score (nSPS) is 19.2. The van der Waals surface area contributed by atoms with Crippen molar-refractivity contribution in [3.05, 3.63) is 16.9 Å². The average Bonchev–Trinajstić information content (AvgIpc) is 2.36. The van der Waals surface area contributed by atoms with Crippen LogP contribution < -0.4 is 5.32 Å². The van der Waals surface area contributed by atoms with Gasteiger partial charge < -0.3 is 4.74 Å². The van der Waals surface area contributed by atoms with Crippen LogP contribution in [0.1, 0.15) is 37.8 Å². The summed E-state index contributed by atoms with van der Waals surface area (Å²) in [6.07, 6.45) is 4.72. The number of hydrogen-bond donors (Lipinski definition) is 1. The maximum Gasteiger partial charge on any atom is 0.231 e. The maximum absolute atomic E-state index is 11.8. The first-order chi connectivity index (χ1) is 9.13. The third kappa shape index (κ3) is 4.76. The van der Waals surface area contributed by atoms with Gasteiger partial charge in [-0.2, -0.15) is 0 Å². The minimum Gasteiger partial charge on any atom is -0.378 e. The lowest BCUT2D eigenvalue weighted by molar-refractivity contribution is -0.117. The summed E-state index contributed by atoms with van der Waals surface area (Å²) >= 11 is 5.81. The SMILES string of the molecule is Cc1cc(Cl)nc(NC(=O)CCC2CCCCO2)n1. The van der Waals surface area contributed by atoms with E-state index in [0.29, 0.717) is 11.6 Å². The second-order valence-corrected chi connectivity index (χ2v) is 5.12. The summed E-state index contributed by atoms with van der Waals surface area (Å²) in [4.78, 5) is 19.9. The molecule has 0 radical (unpaired) electrons. The Morgan fingerprint density at radius 3 is 3.05 bits per heavy atom. The van der Waals surface area contributed by atoms with Crippen molar-refractivity contribution in [2.75, 3.05) is 11.9 Å². The van der Waals surface area contributed by atoms with Crippen molar-refractivity contribution in [1.82, 2.24) is 9.97 Å². The van der Waals surface area contributed by atoms with E-state index in [1.54, 1.807) is 13.0 Å². The van der Waals surface area contributed by atoms with E-state index < -0.39 is 0 Å². The van der Waals surface area contributed by atoms with Gasteiger partial charge >= 0.3 is 0 Å². The quantitative estimate of drug-likeness (QED) is 0.863. The van der Waals surface area contributed by atoms with E-state index in [-0.39, 0.29) is 18.0 Å². The van der Waals surface area contributed by atoms with Crippen LogP contribution in [0.4, 0.5) is 5.95 Å². The van der Waals surface area contributed by atoms with Crippen LogP contribution in [0.3, 0.4) is 0 Å². The van der Waals surface area contributed by atoms with Crippen molar-refractivity contribution < 1.29 is 9.53 Å². The zero-order valence-corrected chi connectivity index (χ0v) is 11.7. The Kier molecular flexibility index (Phi) is 5.10. The fourth-order valence-electron chi connectivity index (χ4n) is 2.10. The smallest absolute Gasteiger partial charge is 0.231 e. The summed E-state index contributed by atoms with van der Waals surface area (Å²) in [5.41, 5.74) is 0.728. The van der Waals surface area contributed by atoms with Gasteiger partial charge in [-0.15, -0.1) is 0 Å². The Bertz CT molecular complexity index is 427. The molecule has 0 spiro atoms. The molecule has 1 atom stereocenters. The number of halogens is 1. The summed E-state index contributed by atoms with van der Waals surface area (Å²) in [6, 6.07) is 1.65. The molecule has 1 aliphatic rings. The molecule has 1 aromatic rings. The van der Waals surface area contributed by atoms with Crippen LogP contribution in [-0.2, 0) is 9.53 Å². The fourth-order valence-corrected chi connectivity index (χ4v) is 2.34. The van der Waals surface area contributed by atoms with Gasteiger partial charge in [-0.3, -0.25) is 10.1 Å². The Balaban J connectivity index is 1.80. The zero-order valence-electron chi connectivity index (χ0n) is 11.0. The van der Waals surface area contributed by atoms with Crippen molar-refractivity contribution in [3.63, 3.8) is 0 Å². The number of nitrogens with zero attached hydrogens (tertiary/aromatic N) is 2. The van der Waals surface area contributed by atoms with Gasteiger partial charge in [0, 0.05) is 18.7 Å². The number of aromatic nitrogens is 2. The van der Waals surface area contributed by atoms with Crippen LogP contribution in [0.2, 0.25) is 5.15 Å². The van der Waals surface area contributed by atoms with E-state index >= 15 is 0 Å². The molecule has 0 aromatic carbocycles. The summed E-state index contributed by atoms with van der Waals surface area (Å²) in [7, 11) is 0. The predicted octanol–water partition coefficient (Wildman–Crippen LogP) is 2.73. The lowest BCUT2D eigenvalue weighted by Gasteiger charge is -2.22. The molecular weight excluding hydrogens is 266 g/mol. The summed E-state index contributed by atoms with van der Waals surface area (Å²) in [6.45, 7) is 2.61. The van der Waals surface area contributed by atoms with Gasteiger partial charge in [0.05, 0.1) is 6.10 Å². The van der Waals surface area contributed by atoms with Gasteiger partial charge in [0.15, 0.2) is 0 Å². The van der Waals surface area contributed by atoms with Crippen molar-refractivity contribution in [2.24, 2.45) is 0 Å². The minimum atomic E-state index is -0.101. The summed E-state index contributed by atoms with van der Waals surface area (Å²) in [5, 5.41) is 2.99. The molecule has 1 unspecified atom stereocenters. The third-order valence-corrected chi connectivity index (χ3v) is 3.24. The number of nitrogens with one attached hydrogen (secondary N) is 1. The van der Waals surface area contributed by atoms with E-state index in [2.05, 4.69) is 15.3 Å². The van der Waals surface area contributed by atoms with Gasteiger partial charge in [0.2, 0.25) is 11.9 Å². The molecule has 1 aliphatic heterocycles. The lowest BCUT2D eigenvalue weighted by atomic mass is 10.0. The molecule has 1 amide bonds. The number of carbonyl (C=O) groups excluding carboxylic acids is 1. The van der Waals surface area contributed by atoms with Gasteiger partial charge in [0.1, 0.15) is 5.15 Å². The Morgan fingerprint density at radius 1 is 1.53 bits per heavy atom. The van der Waals surface area contributed by atoms with E-state index in [9.17, 15) is 4.79 Å². The molecule has 5 nitrogen and oxygen atoms in total. The van der Waals surface area contributed by atoms with Crippen molar-refractivity contribution in [2.45, 2.75) is 45.1 Å². The Morgan fingerprint density at radius 2 is 2.37 bits per heavy atom. The zero-order chi connectivity index (χ0) is 13.7. The Hall–Kier alpha value is -1.20. The van der Waals surface area contributed by atoms with Gasteiger partial charge in [0.25, 0.3) is 0 Å². The first-order valence-corrected chi connectivity index (χ1v) is 6.94. The molecule has 1 fully saturated rings. The molecule has 0 saturated carbocycles. The van der Waals surface area contributed by atoms with Crippen LogP contribution in [0.5, 0.6) is 0 Å². The highest BCUT2D eigenvalue weighted by atomic mass is 35.5. The average molecular weight is 284 g/mol. The molecule has 2 heterocycles. The minimum absolute atomic E-state index is 0.101. The number of carbonyl (C=O) groups is 1. The number of aryl methyl sites for hydroxylation is 1. The standard InChI is InChI=1S/C13H18ClN3O2/c1-9-8-11(14)16-13(15-9)17-12(18)6-5-10-4-2-3-7-19-10/h8,10H,2-7H2,1H3,(H,15,16,17,18). The van der Waals surface area contributed by atoms with Gasteiger partial charge in [-0.1, -0.05) is 11.6 Å². The van der Waals surface area contributed by atoms with Crippen LogP contribution in [0, 0.1) is 6.92 Å². The fraction of sp³-hybridized carbons (Fsp3) is 0.615.